The summed E-state index contributed by atoms with van der Waals surface area (Å²) >= 11 is 0. The van der Waals surface area contributed by atoms with Crippen molar-refractivity contribution in [1.82, 2.24) is 10.2 Å². The molecule has 118 valence electrons. The summed E-state index contributed by atoms with van der Waals surface area (Å²) in [5.74, 6) is 0.595. The Morgan fingerprint density at radius 2 is 2.24 bits per heavy atom. The molecule has 3 nitrogen and oxygen atoms in total. The molecule has 0 radical (unpaired) electrons. The van der Waals surface area contributed by atoms with Gasteiger partial charge >= 0.3 is 0 Å². The Balaban J connectivity index is 1.87. The molecule has 4 heteroatoms. The summed E-state index contributed by atoms with van der Waals surface area (Å²) in [7, 11) is 2.19. The highest BCUT2D eigenvalue weighted by atomic mass is 19.1. The van der Waals surface area contributed by atoms with Crippen LogP contribution in [0.5, 0.6) is 5.75 Å². The smallest absolute Gasteiger partial charge is 0.123 e. The SMILES string of the molecule is CCNCc1cc(F)ccc1OCCC1CCCCN1C. The van der Waals surface area contributed by atoms with Crippen molar-refractivity contribution >= 4 is 0 Å². The maximum atomic E-state index is 13.3. The van der Waals surface area contributed by atoms with Gasteiger partial charge in [0, 0.05) is 18.2 Å². The van der Waals surface area contributed by atoms with Gasteiger partial charge in [-0.2, -0.15) is 0 Å². The highest BCUT2D eigenvalue weighted by molar-refractivity contribution is 5.33. The van der Waals surface area contributed by atoms with E-state index >= 15 is 0 Å². The van der Waals surface area contributed by atoms with Crippen molar-refractivity contribution in [3.8, 4) is 5.75 Å². The lowest BCUT2D eigenvalue weighted by Crippen LogP contribution is -2.37. The van der Waals surface area contributed by atoms with Crippen molar-refractivity contribution in [1.29, 1.82) is 0 Å². The lowest BCUT2D eigenvalue weighted by Gasteiger charge is -2.32. The first kappa shape index (κ1) is 16.2. The van der Waals surface area contributed by atoms with E-state index in [9.17, 15) is 4.39 Å². The zero-order valence-electron chi connectivity index (χ0n) is 13.2. The number of likely N-dealkylation sites (tertiary alicyclic amines) is 1. The molecular formula is C17H27FN2O. The van der Waals surface area contributed by atoms with Crippen molar-refractivity contribution in [3.05, 3.63) is 29.6 Å². The fourth-order valence-electron chi connectivity index (χ4n) is 2.90. The lowest BCUT2D eigenvalue weighted by molar-refractivity contribution is 0.152. The van der Waals surface area contributed by atoms with Gasteiger partial charge in [0.1, 0.15) is 11.6 Å². The highest BCUT2D eigenvalue weighted by Crippen LogP contribution is 2.22. The van der Waals surface area contributed by atoms with E-state index in [-0.39, 0.29) is 5.82 Å². The van der Waals surface area contributed by atoms with Crippen LogP contribution in [-0.4, -0.2) is 37.7 Å². The molecule has 0 saturated carbocycles. The molecule has 1 atom stereocenters. The number of hydrogen-bond acceptors (Lipinski definition) is 3. The summed E-state index contributed by atoms with van der Waals surface area (Å²) in [6.07, 6.45) is 4.91. The van der Waals surface area contributed by atoms with Gasteiger partial charge in [-0.3, -0.25) is 0 Å². The number of rotatable bonds is 7. The number of hydrogen-bond donors (Lipinski definition) is 1. The maximum absolute atomic E-state index is 13.3. The second kappa shape index (κ2) is 8.35. The van der Waals surface area contributed by atoms with E-state index < -0.39 is 0 Å². The third kappa shape index (κ3) is 4.97. The van der Waals surface area contributed by atoms with E-state index in [4.69, 9.17) is 4.74 Å². The largest absolute Gasteiger partial charge is 0.493 e. The molecule has 21 heavy (non-hydrogen) atoms. The summed E-state index contributed by atoms with van der Waals surface area (Å²) in [4.78, 5) is 2.43. The number of ether oxygens (including phenoxy) is 1. The molecule has 0 aliphatic carbocycles. The Morgan fingerprint density at radius 3 is 3.00 bits per heavy atom. The fraction of sp³-hybridized carbons (Fsp3) is 0.647. The Hall–Kier alpha value is -1.13. The number of halogens is 1. The van der Waals surface area contributed by atoms with Crippen molar-refractivity contribution in [2.24, 2.45) is 0 Å². The van der Waals surface area contributed by atoms with Gasteiger partial charge in [0.05, 0.1) is 6.61 Å². The second-order valence-corrected chi connectivity index (χ2v) is 5.80. The summed E-state index contributed by atoms with van der Waals surface area (Å²) < 4.78 is 19.3. The molecule has 1 aromatic rings. The standard InChI is InChI=1S/C17H27FN2O/c1-3-19-13-14-12-15(18)7-8-17(14)21-11-9-16-6-4-5-10-20(16)2/h7-8,12,16,19H,3-6,9-11,13H2,1-2H3. The molecule has 0 amide bonds. The Bertz CT molecular complexity index is 439. The Kier molecular flexibility index (Phi) is 6.46. The predicted molar refractivity (Wildman–Crippen MR) is 84.2 cm³/mol. The first-order valence-electron chi connectivity index (χ1n) is 8.03. The van der Waals surface area contributed by atoms with Crippen LogP contribution in [-0.2, 0) is 6.54 Å². The molecule has 1 aliphatic heterocycles. The normalized spacial score (nSPS) is 19.7. The van der Waals surface area contributed by atoms with Crippen LogP contribution in [0.25, 0.3) is 0 Å². The Morgan fingerprint density at radius 1 is 1.38 bits per heavy atom. The molecule has 2 rings (SSSR count). The highest BCUT2D eigenvalue weighted by Gasteiger charge is 2.18. The number of benzene rings is 1. The molecule has 1 unspecified atom stereocenters. The minimum atomic E-state index is -0.206. The fourth-order valence-corrected chi connectivity index (χ4v) is 2.90. The van der Waals surface area contributed by atoms with Crippen molar-refractivity contribution in [2.45, 2.75) is 45.2 Å². The van der Waals surface area contributed by atoms with E-state index in [1.165, 1.54) is 31.9 Å². The van der Waals surface area contributed by atoms with E-state index in [1.807, 2.05) is 6.92 Å². The van der Waals surface area contributed by atoms with Gasteiger partial charge in [-0.15, -0.1) is 0 Å². The van der Waals surface area contributed by atoms with Gasteiger partial charge in [0.25, 0.3) is 0 Å². The average molecular weight is 294 g/mol. The lowest BCUT2D eigenvalue weighted by atomic mass is 10.0. The van der Waals surface area contributed by atoms with Crippen molar-refractivity contribution in [2.75, 3.05) is 26.7 Å². The molecule has 1 N–H and O–H groups in total. The van der Waals surface area contributed by atoms with Gasteiger partial charge in [-0.05, 0) is 57.6 Å². The summed E-state index contributed by atoms with van der Waals surface area (Å²) in [6, 6.07) is 5.39. The van der Waals surface area contributed by atoms with Crippen LogP contribution < -0.4 is 10.1 Å². The first-order valence-corrected chi connectivity index (χ1v) is 8.03. The van der Waals surface area contributed by atoms with Gasteiger partial charge in [-0.1, -0.05) is 13.3 Å². The molecule has 0 spiro atoms. The topological polar surface area (TPSA) is 24.5 Å². The first-order chi connectivity index (χ1) is 10.2. The van der Waals surface area contributed by atoms with Crippen LogP contribution >= 0.6 is 0 Å². The van der Waals surface area contributed by atoms with Gasteiger partial charge < -0.3 is 15.0 Å². The van der Waals surface area contributed by atoms with E-state index in [1.54, 1.807) is 12.1 Å². The van der Waals surface area contributed by atoms with E-state index in [2.05, 4.69) is 17.3 Å². The molecule has 0 bridgehead atoms. The summed E-state index contributed by atoms with van der Waals surface area (Å²) in [6.45, 7) is 5.43. The van der Waals surface area contributed by atoms with Gasteiger partial charge in [0.15, 0.2) is 0 Å². The molecule has 0 aromatic heterocycles. The number of nitrogens with zero attached hydrogens (tertiary/aromatic N) is 1. The molecular weight excluding hydrogens is 267 g/mol. The monoisotopic (exact) mass is 294 g/mol. The quantitative estimate of drug-likeness (QED) is 0.836. The number of piperidine rings is 1. The zero-order valence-corrected chi connectivity index (χ0v) is 13.2. The molecule has 1 aliphatic rings. The van der Waals surface area contributed by atoms with Crippen LogP contribution in [0.3, 0.4) is 0 Å². The predicted octanol–water partition coefficient (Wildman–Crippen LogP) is 3.19. The van der Waals surface area contributed by atoms with E-state index in [0.717, 1.165) is 24.3 Å². The van der Waals surface area contributed by atoms with Crippen LogP contribution in [0, 0.1) is 5.82 Å². The van der Waals surface area contributed by atoms with Crippen LogP contribution in [0.2, 0.25) is 0 Å². The molecule has 1 fully saturated rings. The molecule has 1 aromatic carbocycles. The van der Waals surface area contributed by atoms with E-state index in [0.29, 0.717) is 19.2 Å². The molecule has 1 heterocycles. The van der Waals surface area contributed by atoms with Crippen LogP contribution in [0.4, 0.5) is 4.39 Å². The number of nitrogens with one attached hydrogen (secondary N) is 1. The minimum Gasteiger partial charge on any atom is -0.493 e. The summed E-state index contributed by atoms with van der Waals surface area (Å²) in [5.41, 5.74) is 0.897. The molecule has 1 saturated heterocycles. The maximum Gasteiger partial charge on any atom is 0.123 e. The van der Waals surface area contributed by atoms with Gasteiger partial charge in [0.2, 0.25) is 0 Å². The van der Waals surface area contributed by atoms with Crippen molar-refractivity contribution < 1.29 is 9.13 Å². The second-order valence-electron chi connectivity index (χ2n) is 5.80. The van der Waals surface area contributed by atoms with Gasteiger partial charge in [-0.25, -0.2) is 4.39 Å². The summed E-state index contributed by atoms with van der Waals surface area (Å²) in [5, 5.41) is 3.22. The average Bonchev–Trinajstić information content (AvgIpc) is 2.49. The van der Waals surface area contributed by atoms with Crippen LogP contribution in [0.15, 0.2) is 18.2 Å². The third-order valence-corrected chi connectivity index (χ3v) is 4.22. The van der Waals surface area contributed by atoms with Crippen LogP contribution in [0.1, 0.15) is 38.2 Å². The Labute approximate surface area is 127 Å². The third-order valence-electron chi connectivity index (χ3n) is 4.22. The van der Waals surface area contributed by atoms with Crippen molar-refractivity contribution in [3.63, 3.8) is 0 Å². The minimum absolute atomic E-state index is 0.206. The zero-order chi connectivity index (χ0) is 15.1.